The maximum absolute atomic E-state index is 13.9. The summed E-state index contributed by atoms with van der Waals surface area (Å²) in [7, 11) is 0. The molecule has 0 fully saturated rings. The second-order valence-electron chi connectivity index (χ2n) is 6.44. The Balaban J connectivity index is 3.19. The Bertz CT molecular complexity index is 388. The van der Waals surface area contributed by atoms with Gasteiger partial charge in [0.05, 0.1) is 0 Å². The number of rotatable bonds is 1. The lowest BCUT2D eigenvalue weighted by atomic mass is 9.86. The van der Waals surface area contributed by atoms with Crippen LogP contribution in [0, 0.1) is 11.6 Å². The first-order valence-electron chi connectivity index (χ1n) is 5.78. The number of hydrogen-bond acceptors (Lipinski definition) is 1. The van der Waals surface area contributed by atoms with Crippen molar-refractivity contribution in [1.29, 1.82) is 0 Å². The van der Waals surface area contributed by atoms with E-state index in [2.05, 4.69) is 5.32 Å². The first kappa shape index (κ1) is 13.9. The van der Waals surface area contributed by atoms with Crippen LogP contribution in [0.2, 0.25) is 0 Å². The number of hydrogen-bond donors (Lipinski definition) is 1. The first-order chi connectivity index (χ1) is 7.50. The quantitative estimate of drug-likeness (QED) is 0.764. The lowest BCUT2D eigenvalue weighted by molar-refractivity contribution is 0.475. The Morgan fingerprint density at radius 1 is 0.882 bits per heavy atom. The largest absolute Gasteiger partial charge is 0.380 e. The van der Waals surface area contributed by atoms with Crippen molar-refractivity contribution in [2.45, 2.75) is 52.5 Å². The van der Waals surface area contributed by atoms with Crippen LogP contribution in [0.5, 0.6) is 0 Å². The van der Waals surface area contributed by atoms with Crippen LogP contribution in [-0.4, -0.2) is 5.54 Å². The van der Waals surface area contributed by atoms with E-state index in [1.165, 1.54) is 12.1 Å². The smallest absolute Gasteiger partial charge is 0.131 e. The minimum absolute atomic E-state index is 0.136. The van der Waals surface area contributed by atoms with Gasteiger partial charge in [0.2, 0.25) is 0 Å². The highest BCUT2D eigenvalue weighted by Crippen LogP contribution is 2.30. The molecule has 0 heterocycles. The van der Waals surface area contributed by atoms with Gasteiger partial charge in [-0.25, -0.2) is 8.78 Å². The van der Waals surface area contributed by atoms with Crippen molar-refractivity contribution in [3.8, 4) is 0 Å². The third-order valence-electron chi connectivity index (χ3n) is 2.31. The Labute approximate surface area is 102 Å². The molecule has 0 saturated heterocycles. The summed E-state index contributed by atoms with van der Waals surface area (Å²) in [5.74, 6) is -0.992. The molecule has 1 N–H and O–H groups in total. The van der Waals surface area contributed by atoms with Crippen LogP contribution in [0.25, 0.3) is 0 Å². The number of halogens is 2. The average Bonchev–Trinajstić information content (AvgIpc) is 1.94. The molecule has 0 aliphatic carbocycles. The number of nitrogens with one attached hydrogen (secondary N) is 1. The summed E-state index contributed by atoms with van der Waals surface area (Å²) in [6.07, 6.45) is 0. The molecule has 1 rings (SSSR count). The predicted molar refractivity (Wildman–Crippen MR) is 68.4 cm³/mol. The van der Waals surface area contributed by atoms with Crippen molar-refractivity contribution in [3.05, 3.63) is 29.3 Å². The summed E-state index contributed by atoms with van der Waals surface area (Å²) >= 11 is 0. The van der Waals surface area contributed by atoms with Gasteiger partial charge in [-0.05, 0) is 38.3 Å². The van der Waals surface area contributed by atoms with Crippen molar-refractivity contribution in [1.82, 2.24) is 0 Å². The molecule has 96 valence electrons. The molecule has 0 aliphatic heterocycles. The van der Waals surface area contributed by atoms with Crippen LogP contribution in [0.15, 0.2) is 12.1 Å². The highest BCUT2D eigenvalue weighted by Gasteiger charge is 2.24. The van der Waals surface area contributed by atoms with E-state index in [9.17, 15) is 8.78 Å². The fourth-order valence-electron chi connectivity index (χ4n) is 1.79. The number of anilines is 1. The third kappa shape index (κ3) is 3.69. The van der Waals surface area contributed by atoms with Crippen molar-refractivity contribution in [2.75, 3.05) is 5.32 Å². The standard InChI is InChI=1S/C14H21F2N/c1-13(2,3)12-10(15)7-9(8-11(12)16)17-14(4,5)6/h7-8,17H,1-6H3. The van der Waals surface area contributed by atoms with Gasteiger partial charge in [-0.1, -0.05) is 20.8 Å². The molecule has 1 aromatic rings. The molecule has 17 heavy (non-hydrogen) atoms. The topological polar surface area (TPSA) is 12.0 Å². The second-order valence-corrected chi connectivity index (χ2v) is 6.44. The zero-order valence-electron chi connectivity index (χ0n) is 11.4. The van der Waals surface area contributed by atoms with E-state index >= 15 is 0 Å². The van der Waals surface area contributed by atoms with Crippen LogP contribution in [-0.2, 0) is 5.41 Å². The number of benzene rings is 1. The van der Waals surface area contributed by atoms with Gasteiger partial charge in [-0.3, -0.25) is 0 Å². The van der Waals surface area contributed by atoms with Gasteiger partial charge in [-0.15, -0.1) is 0 Å². The van der Waals surface area contributed by atoms with Crippen LogP contribution >= 0.6 is 0 Å². The Morgan fingerprint density at radius 3 is 1.59 bits per heavy atom. The van der Waals surface area contributed by atoms with Crippen LogP contribution in [0.1, 0.15) is 47.1 Å². The average molecular weight is 241 g/mol. The Kier molecular flexibility index (Phi) is 3.51. The van der Waals surface area contributed by atoms with E-state index < -0.39 is 17.0 Å². The molecular weight excluding hydrogens is 220 g/mol. The van der Waals surface area contributed by atoms with E-state index in [-0.39, 0.29) is 11.1 Å². The van der Waals surface area contributed by atoms with Gasteiger partial charge in [0.15, 0.2) is 0 Å². The van der Waals surface area contributed by atoms with E-state index in [4.69, 9.17) is 0 Å². The minimum atomic E-state index is -0.533. The third-order valence-corrected chi connectivity index (χ3v) is 2.31. The summed E-state index contributed by atoms with van der Waals surface area (Å²) < 4.78 is 27.8. The maximum Gasteiger partial charge on any atom is 0.131 e. The molecule has 0 unspecified atom stereocenters. The molecule has 0 bridgehead atoms. The maximum atomic E-state index is 13.9. The molecule has 0 aliphatic rings. The molecule has 3 heteroatoms. The normalized spacial score (nSPS) is 12.7. The zero-order chi connectivity index (χ0) is 13.4. The minimum Gasteiger partial charge on any atom is -0.380 e. The van der Waals surface area contributed by atoms with Crippen molar-refractivity contribution >= 4 is 5.69 Å². The zero-order valence-corrected chi connectivity index (χ0v) is 11.4. The molecule has 0 spiro atoms. The summed E-state index contributed by atoms with van der Waals surface area (Å²) in [6.45, 7) is 11.2. The van der Waals surface area contributed by atoms with E-state index in [0.717, 1.165) is 0 Å². The van der Waals surface area contributed by atoms with Crippen LogP contribution < -0.4 is 5.32 Å². The molecule has 0 radical (unpaired) electrons. The molecule has 1 nitrogen and oxygen atoms in total. The van der Waals surface area contributed by atoms with E-state index in [1.807, 2.05) is 20.8 Å². The van der Waals surface area contributed by atoms with Crippen molar-refractivity contribution < 1.29 is 8.78 Å². The molecule has 0 saturated carbocycles. The molecule has 0 amide bonds. The Hall–Kier alpha value is -1.12. The van der Waals surface area contributed by atoms with E-state index in [1.54, 1.807) is 20.8 Å². The Morgan fingerprint density at radius 2 is 1.29 bits per heavy atom. The highest BCUT2D eigenvalue weighted by molar-refractivity contribution is 5.49. The summed E-state index contributed by atoms with van der Waals surface area (Å²) in [4.78, 5) is 0. The highest BCUT2D eigenvalue weighted by atomic mass is 19.1. The SMILES string of the molecule is CC(C)(C)Nc1cc(F)c(C(C)(C)C)c(F)c1. The first-order valence-corrected chi connectivity index (χ1v) is 5.78. The van der Waals surface area contributed by atoms with Crippen molar-refractivity contribution in [2.24, 2.45) is 0 Å². The fourth-order valence-corrected chi connectivity index (χ4v) is 1.79. The van der Waals surface area contributed by atoms with Gasteiger partial charge >= 0.3 is 0 Å². The van der Waals surface area contributed by atoms with Gasteiger partial charge < -0.3 is 5.32 Å². The summed E-state index contributed by atoms with van der Waals surface area (Å²) in [6, 6.07) is 2.71. The lowest BCUT2D eigenvalue weighted by Gasteiger charge is -2.25. The molecular formula is C14H21F2N. The van der Waals surface area contributed by atoms with Gasteiger partial charge in [0, 0.05) is 16.8 Å². The van der Waals surface area contributed by atoms with Crippen molar-refractivity contribution in [3.63, 3.8) is 0 Å². The van der Waals surface area contributed by atoms with E-state index in [0.29, 0.717) is 5.69 Å². The molecule has 0 aromatic heterocycles. The fraction of sp³-hybridized carbons (Fsp3) is 0.571. The van der Waals surface area contributed by atoms with Gasteiger partial charge in [0.1, 0.15) is 11.6 Å². The summed E-state index contributed by atoms with van der Waals surface area (Å²) in [5, 5.41) is 3.06. The van der Waals surface area contributed by atoms with Crippen LogP contribution in [0.4, 0.5) is 14.5 Å². The van der Waals surface area contributed by atoms with Crippen LogP contribution in [0.3, 0.4) is 0 Å². The molecule has 1 aromatic carbocycles. The van der Waals surface area contributed by atoms with Gasteiger partial charge in [0.25, 0.3) is 0 Å². The monoisotopic (exact) mass is 241 g/mol. The second kappa shape index (κ2) is 4.28. The lowest BCUT2D eigenvalue weighted by Crippen LogP contribution is -2.26. The summed E-state index contributed by atoms with van der Waals surface area (Å²) in [5.41, 5.74) is -0.145. The van der Waals surface area contributed by atoms with Gasteiger partial charge in [-0.2, -0.15) is 0 Å². The molecule has 0 atom stereocenters. The predicted octanol–water partition coefficient (Wildman–Crippen LogP) is 4.47.